The van der Waals surface area contributed by atoms with Crippen molar-refractivity contribution in [1.29, 1.82) is 0 Å². The van der Waals surface area contributed by atoms with E-state index in [1.165, 1.54) is 0 Å². The summed E-state index contributed by atoms with van der Waals surface area (Å²) < 4.78 is 16.7. The van der Waals surface area contributed by atoms with E-state index in [-0.39, 0.29) is 18.6 Å². The molecule has 0 aliphatic carbocycles. The van der Waals surface area contributed by atoms with Crippen LogP contribution in [0.25, 0.3) is 0 Å². The first kappa shape index (κ1) is 16.2. The maximum Gasteiger partial charge on any atom is 0.242 e. The second kappa shape index (κ2) is 7.27. The minimum atomic E-state index is 0.0309. The highest BCUT2D eigenvalue weighted by atomic mass is 35.5. The number of benzene rings is 1. The molecule has 1 N–H and O–H groups in total. The first-order valence-electron chi connectivity index (χ1n) is 7.86. The fraction of sp³-hybridized carbons (Fsp3) is 0.562. The molecule has 0 spiro atoms. The zero-order valence-corrected chi connectivity index (χ0v) is 13.9. The molecule has 1 atom stereocenters. The summed E-state index contributed by atoms with van der Waals surface area (Å²) in [6, 6.07) is 3.52. The standard InChI is InChI=1S/C16H21ClN2O4/c1-11-10-19(3-6-21-11)16(20)9-18-13-8-15-14(7-12(13)17)22-4-2-5-23-15/h7-8,11,18H,2-6,9-10H2,1H3/t11-/m1/s1. The van der Waals surface area contributed by atoms with Crippen LogP contribution in [0, 0.1) is 0 Å². The minimum Gasteiger partial charge on any atom is -0.490 e. The highest BCUT2D eigenvalue weighted by Crippen LogP contribution is 2.37. The normalized spacial score (nSPS) is 20.8. The summed E-state index contributed by atoms with van der Waals surface area (Å²) in [4.78, 5) is 14.1. The van der Waals surface area contributed by atoms with E-state index in [9.17, 15) is 4.79 Å². The summed E-state index contributed by atoms with van der Waals surface area (Å²) in [5.41, 5.74) is 0.672. The third-order valence-corrected chi connectivity index (χ3v) is 4.17. The number of hydrogen-bond acceptors (Lipinski definition) is 5. The smallest absolute Gasteiger partial charge is 0.242 e. The van der Waals surface area contributed by atoms with Gasteiger partial charge in [0.1, 0.15) is 0 Å². The van der Waals surface area contributed by atoms with Gasteiger partial charge in [0.2, 0.25) is 5.91 Å². The van der Waals surface area contributed by atoms with E-state index < -0.39 is 0 Å². The Bertz CT molecular complexity index is 581. The Hall–Kier alpha value is -1.66. The number of rotatable bonds is 3. The molecule has 1 aromatic rings. The van der Waals surface area contributed by atoms with E-state index in [1.807, 2.05) is 6.92 Å². The molecule has 2 aliphatic rings. The quantitative estimate of drug-likeness (QED) is 0.913. The number of nitrogens with one attached hydrogen (secondary N) is 1. The SMILES string of the molecule is C[C@@H]1CN(C(=O)CNc2cc3c(cc2Cl)OCCCO3)CCO1. The first-order valence-corrected chi connectivity index (χ1v) is 8.23. The van der Waals surface area contributed by atoms with Crippen LogP contribution in [0.5, 0.6) is 11.5 Å². The highest BCUT2D eigenvalue weighted by molar-refractivity contribution is 6.33. The van der Waals surface area contributed by atoms with Crippen molar-refractivity contribution >= 4 is 23.2 Å². The third-order valence-electron chi connectivity index (χ3n) is 3.86. The molecule has 1 fully saturated rings. The third kappa shape index (κ3) is 4.00. The number of ether oxygens (including phenoxy) is 3. The molecule has 0 saturated carbocycles. The maximum atomic E-state index is 12.3. The van der Waals surface area contributed by atoms with Gasteiger partial charge < -0.3 is 24.4 Å². The average Bonchev–Trinajstić information content (AvgIpc) is 2.77. The van der Waals surface area contributed by atoms with Crippen molar-refractivity contribution in [2.24, 2.45) is 0 Å². The van der Waals surface area contributed by atoms with Gasteiger partial charge in [-0.05, 0) is 6.92 Å². The molecule has 2 heterocycles. The number of carbonyl (C=O) groups excluding carboxylic acids is 1. The lowest BCUT2D eigenvalue weighted by atomic mass is 10.2. The van der Waals surface area contributed by atoms with Crippen LogP contribution < -0.4 is 14.8 Å². The van der Waals surface area contributed by atoms with E-state index in [0.29, 0.717) is 55.1 Å². The Balaban J connectivity index is 1.63. The highest BCUT2D eigenvalue weighted by Gasteiger charge is 2.21. The molecule has 0 radical (unpaired) electrons. The lowest BCUT2D eigenvalue weighted by molar-refractivity contribution is -0.136. The van der Waals surface area contributed by atoms with Crippen LogP contribution in [0.1, 0.15) is 13.3 Å². The van der Waals surface area contributed by atoms with Crippen molar-refractivity contribution < 1.29 is 19.0 Å². The van der Waals surface area contributed by atoms with Gasteiger partial charge in [0.05, 0.1) is 43.2 Å². The summed E-state index contributed by atoms with van der Waals surface area (Å²) >= 11 is 6.26. The molecule has 126 valence electrons. The molecule has 1 saturated heterocycles. The Morgan fingerprint density at radius 2 is 2.04 bits per heavy atom. The molecule has 0 bridgehead atoms. The van der Waals surface area contributed by atoms with E-state index in [2.05, 4.69) is 5.32 Å². The zero-order chi connectivity index (χ0) is 16.2. The molecule has 1 aromatic carbocycles. The second-order valence-corrected chi connectivity index (χ2v) is 6.11. The lowest BCUT2D eigenvalue weighted by Crippen LogP contribution is -2.46. The van der Waals surface area contributed by atoms with Crippen molar-refractivity contribution in [1.82, 2.24) is 4.90 Å². The summed E-state index contributed by atoms with van der Waals surface area (Å²) in [6.45, 7) is 5.20. The number of halogens is 1. The fourth-order valence-electron chi connectivity index (χ4n) is 2.65. The Morgan fingerprint density at radius 1 is 1.30 bits per heavy atom. The van der Waals surface area contributed by atoms with Crippen LogP contribution in [0.3, 0.4) is 0 Å². The number of morpholine rings is 1. The van der Waals surface area contributed by atoms with Crippen LogP contribution in [-0.4, -0.2) is 56.4 Å². The summed E-state index contributed by atoms with van der Waals surface area (Å²) in [5.74, 6) is 1.33. The number of fused-ring (bicyclic) bond motifs is 1. The van der Waals surface area contributed by atoms with Crippen molar-refractivity contribution in [3.63, 3.8) is 0 Å². The molecule has 6 nitrogen and oxygen atoms in total. The Morgan fingerprint density at radius 3 is 2.78 bits per heavy atom. The van der Waals surface area contributed by atoms with Crippen LogP contribution in [-0.2, 0) is 9.53 Å². The van der Waals surface area contributed by atoms with Crippen molar-refractivity contribution in [3.8, 4) is 11.5 Å². The number of anilines is 1. The molecular weight excluding hydrogens is 320 g/mol. The van der Waals surface area contributed by atoms with Crippen LogP contribution in [0.2, 0.25) is 5.02 Å². The lowest BCUT2D eigenvalue weighted by Gasteiger charge is -2.31. The fourth-order valence-corrected chi connectivity index (χ4v) is 2.87. The molecule has 0 aromatic heterocycles. The predicted molar refractivity (Wildman–Crippen MR) is 87.5 cm³/mol. The average molecular weight is 341 g/mol. The monoisotopic (exact) mass is 340 g/mol. The van der Waals surface area contributed by atoms with Crippen LogP contribution in [0.15, 0.2) is 12.1 Å². The topological polar surface area (TPSA) is 60.0 Å². The maximum absolute atomic E-state index is 12.3. The van der Waals surface area contributed by atoms with Gasteiger partial charge in [-0.1, -0.05) is 11.6 Å². The molecular formula is C16H21ClN2O4. The van der Waals surface area contributed by atoms with Crippen LogP contribution >= 0.6 is 11.6 Å². The van der Waals surface area contributed by atoms with E-state index in [4.69, 9.17) is 25.8 Å². The number of hydrogen-bond donors (Lipinski definition) is 1. The molecule has 7 heteroatoms. The zero-order valence-electron chi connectivity index (χ0n) is 13.1. The van der Waals surface area contributed by atoms with Gasteiger partial charge in [0.25, 0.3) is 0 Å². The Kier molecular flexibility index (Phi) is 5.13. The van der Waals surface area contributed by atoms with Crippen molar-refractivity contribution in [2.75, 3.05) is 44.8 Å². The van der Waals surface area contributed by atoms with E-state index in [0.717, 1.165) is 6.42 Å². The minimum absolute atomic E-state index is 0.0309. The van der Waals surface area contributed by atoms with E-state index in [1.54, 1.807) is 17.0 Å². The molecule has 1 amide bonds. The molecule has 3 rings (SSSR count). The number of amides is 1. The van der Waals surface area contributed by atoms with Gasteiger partial charge in [0.15, 0.2) is 11.5 Å². The molecule has 23 heavy (non-hydrogen) atoms. The van der Waals surface area contributed by atoms with Gasteiger partial charge in [-0.2, -0.15) is 0 Å². The van der Waals surface area contributed by atoms with Gasteiger partial charge in [-0.15, -0.1) is 0 Å². The summed E-state index contributed by atoms with van der Waals surface area (Å²) in [7, 11) is 0. The summed E-state index contributed by atoms with van der Waals surface area (Å²) in [6.07, 6.45) is 0.914. The second-order valence-electron chi connectivity index (χ2n) is 5.70. The van der Waals surface area contributed by atoms with Crippen LogP contribution in [0.4, 0.5) is 5.69 Å². The molecule has 0 unspecified atom stereocenters. The van der Waals surface area contributed by atoms with E-state index >= 15 is 0 Å². The van der Waals surface area contributed by atoms with Gasteiger partial charge in [-0.25, -0.2) is 0 Å². The molecule has 2 aliphatic heterocycles. The van der Waals surface area contributed by atoms with Gasteiger partial charge in [0, 0.05) is 31.6 Å². The van der Waals surface area contributed by atoms with Gasteiger partial charge in [-0.3, -0.25) is 4.79 Å². The Labute approximate surface area is 140 Å². The summed E-state index contributed by atoms with van der Waals surface area (Å²) in [5, 5.41) is 3.61. The largest absolute Gasteiger partial charge is 0.490 e. The van der Waals surface area contributed by atoms with Crippen molar-refractivity contribution in [2.45, 2.75) is 19.4 Å². The first-order chi connectivity index (χ1) is 11.1. The number of carbonyl (C=O) groups is 1. The number of nitrogens with zero attached hydrogens (tertiary/aromatic N) is 1. The van der Waals surface area contributed by atoms with Gasteiger partial charge >= 0.3 is 0 Å². The van der Waals surface area contributed by atoms with Crippen molar-refractivity contribution in [3.05, 3.63) is 17.2 Å². The predicted octanol–water partition coefficient (Wildman–Crippen LogP) is 2.16.